The minimum Gasteiger partial charge on any atom is -0.379 e. The Morgan fingerprint density at radius 1 is 0.742 bits per heavy atom. The zero-order valence-corrected chi connectivity index (χ0v) is 42.0. The standard InChI is InChI=1S/C57H101NO4/c1-8-9-10-11-12-13-14-15-16-17-18-19-20-21-22-23-37-60-45-51(44-58-36-33-47(4)43-58)62-41-39-59-38-40-61-50-31-34-56(6)49(42-50)27-28-52-54-30-29-53(48(5)26-24-25-46(2)3)57(54,7)35-32-55(52)56/h12-13,15-16,27,46-48,50-55H,8-11,14,17-26,28-45H2,1-7H3/t47-,48+,50-,51?,52?,53+,54?,55?,56-,57+/m0/s1. The molecule has 0 radical (unpaired) electrons. The summed E-state index contributed by atoms with van der Waals surface area (Å²) in [6, 6.07) is 0. The van der Waals surface area contributed by atoms with Gasteiger partial charge in [0.05, 0.1) is 45.2 Å². The van der Waals surface area contributed by atoms with Crippen LogP contribution in [-0.4, -0.2) is 76.4 Å². The summed E-state index contributed by atoms with van der Waals surface area (Å²) in [4.78, 5) is 2.57. The van der Waals surface area contributed by atoms with Gasteiger partial charge >= 0.3 is 0 Å². The molecule has 62 heavy (non-hydrogen) atoms. The lowest BCUT2D eigenvalue weighted by molar-refractivity contribution is -0.0731. The number of ether oxygens (including phenoxy) is 4. The van der Waals surface area contributed by atoms with Gasteiger partial charge in [0.25, 0.3) is 0 Å². The van der Waals surface area contributed by atoms with E-state index in [-0.39, 0.29) is 6.10 Å². The second-order valence-electron chi connectivity index (χ2n) is 22.4. The molecule has 0 bridgehead atoms. The topological polar surface area (TPSA) is 40.2 Å². The molecule has 0 N–H and O–H groups in total. The van der Waals surface area contributed by atoms with Gasteiger partial charge in [0.15, 0.2) is 0 Å². The normalized spacial score (nSPS) is 31.2. The molecule has 4 unspecified atom stereocenters. The number of fused-ring (bicyclic) bond motifs is 5. The maximum absolute atomic E-state index is 6.52. The van der Waals surface area contributed by atoms with Crippen molar-refractivity contribution >= 4 is 0 Å². The SMILES string of the molecule is CCCCCC=CCC=CCCCCCCCCOCC(CN1CC[C@H](C)C1)OCCOCCO[C@H]1CC[C@@]2(C)C(=CCC3C2CC[C@@]2(C)C3CC[C@@H]2[C@H](C)CCCC(C)C)C1. The first kappa shape index (κ1) is 52.0. The average molecular weight is 864 g/mol. The third kappa shape index (κ3) is 16.4. The predicted molar refractivity (Wildman–Crippen MR) is 264 cm³/mol. The quantitative estimate of drug-likeness (QED) is 0.0498. The summed E-state index contributed by atoms with van der Waals surface area (Å²) in [7, 11) is 0. The number of hydrogen-bond acceptors (Lipinski definition) is 5. The number of unbranched alkanes of at least 4 members (excludes halogenated alkanes) is 9. The second-order valence-corrected chi connectivity index (χ2v) is 22.4. The Morgan fingerprint density at radius 3 is 2.26 bits per heavy atom. The zero-order chi connectivity index (χ0) is 44.0. The first-order valence-electron chi connectivity index (χ1n) is 27.2. The molecular formula is C57H101NO4. The minimum atomic E-state index is 0.112. The summed E-state index contributed by atoms with van der Waals surface area (Å²) in [6.45, 7) is 24.8. The number of rotatable bonds is 32. The van der Waals surface area contributed by atoms with Crippen molar-refractivity contribution in [1.82, 2.24) is 4.90 Å². The van der Waals surface area contributed by atoms with Crippen molar-refractivity contribution in [3.63, 3.8) is 0 Å². The van der Waals surface area contributed by atoms with Crippen molar-refractivity contribution in [1.29, 1.82) is 0 Å². The van der Waals surface area contributed by atoms with Crippen molar-refractivity contribution in [2.45, 2.75) is 215 Å². The van der Waals surface area contributed by atoms with Gasteiger partial charge in [-0.15, -0.1) is 0 Å². The van der Waals surface area contributed by atoms with Crippen LogP contribution in [0, 0.1) is 52.3 Å². The van der Waals surface area contributed by atoms with Crippen molar-refractivity contribution in [3.05, 3.63) is 36.0 Å². The molecule has 5 aliphatic rings. The van der Waals surface area contributed by atoms with E-state index in [1.807, 2.05) is 0 Å². The van der Waals surface area contributed by atoms with Gasteiger partial charge in [-0.25, -0.2) is 0 Å². The van der Waals surface area contributed by atoms with Crippen LogP contribution < -0.4 is 0 Å². The number of likely N-dealkylation sites (tertiary alicyclic amines) is 1. The van der Waals surface area contributed by atoms with Crippen LogP contribution in [0.3, 0.4) is 0 Å². The minimum absolute atomic E-state index is 0.112. The van der Waals surface area contributed by atoms with Gasteiger partial charge in [0.2, 0.25) is 0 Å². The van der Waals surface area contributed by atoms with E-state index >= 15 is 0 Å². The van der Waals surface area contributed by atoms with E-state index in [0.29, 0.717) is 50.0 Å². The van der Waals surface area contributed by atoms with Crippen molar-refractivity contribution in [2.75, 3.05) is 59.3 Å². The van der Waals surface area contributed by atoms with Gasteiger partial charge in [-0.05, 0) is 155 Å². The van der Waals surface area contributed by atoms with Crippen molar-refractivity contribution in [3.8, 4) is 0 Å². The van der Waals surface area contributed by atoms with Gasteiger partial charge in [0.1, 0.15) is 0 Å². The first-order chi connectivity index (χ1) is 30.1. The van der Waals surface area contributed by atoms with Gasteiger partial charge in [0, 0.05) is 19.7 Å². The maximum atomic E-state index is 6.52. The third-order valence-corrected chi connectivity index (χ3v) is 17.2. The molecule has 3 saturated carbocycles. The van der Waals surface area contributed by atoms with E-state index in [0.717, 1.165) is 73.8 Å². The monoisotopic (exact) mass is 864 g/mol. The molecule has 5 rings (SSSR count). The van der Waals surface area contributed by atoms with Gasteiger partial charge in [-0.1, -0.05) is 142 Å². The molecule has 5 heteroatoms. The highest BCUT2D eigenvalue weighted by Crippen LogP contribution is 2.67. The largest absolute Gasteiger partial charge is 0.379 e. The third-order valence-electron chi connectivity index (χ3n) is 17.2. The highest BCUT2D eigenvalue weighted by molar-refractivity contribution is 5.25. The fourth-order valence-corrected chi connectivity index (χ4v) is 13.5. The molecule has 5 nitrogen and oxygen atoms in total. The van der Waals surface area contributed by atoms with E-state index in [4.69, 9.17) is 18.9 Å². The van der Waals surface area contributed by atoms with Gasteiger partial charge in [-0.2, -0.15) is 0 Å². The molecule has 1 saturated heterocycles. The van der Waals surface area contributed by atoms with Crippen LogP contribution >= 0.6 is 0 Å². The van der Waals surface area contributed by atoms with E-state index in [1.54, 1.807) is 5.57 Å². The summed E-state index contributed by atoms with van der Waals surface area (Å²) in [5.74, 6) is 6.15. The summed E-state index contributed by atoms with van der Waals surface area (Å²) < 4.78 is 25.2. The maximum Gasteiger partial charge on any atom is 0.0936 e. The van der Waals surface area contributed by atoms with Crippen molar-refractivity contribution in [2.24, 2.45) is 52.3 Å². The van der Waals surface area contributed by atoms with E-state index in [2.05, 4.69) is 83.7 Å². The van der Waals surface area contributed by atoms with Gasteiger partial charge in [-0.3, -0.25) is 0 Å². The van der Waals surface area contributed by atoms with E-state index in [1.165, 1.54) is 148 Å². The molecule has 1 aliphatic heterocycles. The molecule has 1 heterocycles. The van der Waals surface area contributed by atoms with Crippen LogP contribution in [-0.2, 0) is 18.9 Å². The van der Waals surface area contributed by atoms with Crippen molar-refractivity contribution < 1.29 is 18.9 Å². The Labute approximate surface area is 384 Å². The first-order valence-corrected chi connectivity index (χ1v) is 27.2. The van der Waals surface area contributed by atoms with E-state index < -0.39 is 0 Å². The molecule has 10 atom stereocenters. The molecule has 4 aliphatic carbocycles. The summed E-state index contributed by atoms with van der Waals surface area (Å²) in [5, 5.41) is 0. The zero-order valence-electron chi connectivity index (χ0n) is 42.0. The summed E-state index contributed by atoms with van der Waals surface area (Å²) in [6.07, 6.45) is 44.2. The lowest BCUT2D eigenvalue weighted by Crippen LogP contribution is -2.51. The lowest BCUT2D eigenvalue weighted by atomic mass is 9.47. The molecule has 0 aromatic carbocycles. The highest BCUT2D eigenvalue weighted by Gasteiger charge is 2.59. The Balaban J connectivity index is 0.912. The molecule has 0 spiro atoms. The van der Waals surface area contributed by atoms with Gasteiger partial charge < -0.3 is 23.8 Å². The molecule has 0 aromatic heterocycles. The fourth-order valence-electron chi connectivity index (χ4n) is 13.5. The summed E-state index contributed by atoms with van der Waals surface area (Å²) in [5.41, 5.74) is 2.68. The van der Waals surface area contributed by atoms with Crippen LogP contribution in [0.4, 0.5) is 0 Å². The Bertz CT molecular complexity index is 1290. The summed E-state index contributed by atoms with van der Waals surface area (Å²) >= 11 is 0. The number of allylic oxidation sites excluding steroid dienone is 5. The van der Waals surface area contributed by atoms with Crippen LogP contribution in [0.25, 0.3) is 0 Å². The Kier molecular flexibility index (Phi) is 23.7. The fraction of sp³-hybridized carbons (Fsp3) is 0.895. The Hall–Kier alpha value is -0.980. The molecule has 358 valence electrons. The molecule has 4 fully saturated rings. The number of nitrogens with zero attached hydrogens (tertiary/aromatic N) is 1. The van der Waals surface area contributed by atoms with Crippen LogP contribution in [0.2, 0.25) is 0 Å². The van der Waals surface area contributed by atoms with Crippen LogP contribution in [0.1, 0.15) is 203 Å². The lowest BCUT2D eigenvalue weighted by Gasteiger charge is -2.58. The molecular weight excluding hydrogens is 763 g/mol. The van der Waals surface area contributed by atoms with E-state index in [9.17, 15) is 0 Å². The molecule has 0 amide bonds. The highest BCUT2D eigenvalue weighted by atomic mass is 16.6. The second kappa shape index (κ2) is 28.3. The number of hydrogen-bond donors (Lipinski definition) is 0. The van der Waals surface area contributed by atoms with Crippen LogP contribution in [0.5, 0.6) is 0 Å². The predicted octanol–water partition coefficient (Wildman–Crippen LogP) is 15.0. The van der Waals surface area contributed by atoms with Crippen LogP contribution in [0.15, 0.2) is 36.0 Å². The Morgan fingerprint density at radius 2 is 1.50 bits per heavy atom. The molecule has 0 aromatic rings. The average Bonchev–Trinajstić information content (AvgIpc) is 3.84. The smallest absolute Gasteiger partial charge is 0.0936 e.